The quantitative estimate of drug-likeness (QED) is 0.265. The molecule has 2 heterocycles. The van der Waals surface area contributed by atoms with E-state index in [4.69, 9.17) is 0 Å². The first-order valence-corrected chi connectivity index (χ1v) is 13.6. The average molecular weight is 513 g/mol. The van der Waals surface area contributed by atoms with E-state index in [1.165, 1.54) is 16.0 Å². The van der Waals surface area contributed by atoms with Gasteiger partial charge in [-0.25, -0.2) is 9.59 Å². The van der Waals surface area contributed by atoms with Gasteiger partial charge < -0.3 is 15.0 Å². The number of rotatable bonds is 10. The van der Waals surface area contributed by atoms with Gasteiger partial charge in [-0.3, -0.25) is 9.47 Å². The molecule has 1 aromatic heterocycles. The first kappa shape index (κ1) is 25.8. The molecule has 1 fully saturated rings. The second kappa shape index (κ2) is 12.1. The highest BCUT2D eigenvalue weighted by Gasteiger charge is 2.33. The molecule has 1 unspecified atom stereocenters. The van der Waals surface area contributed by atoms with Crippen molar-refractivity contribution >= 4 is 17.1 Å². The molecular formula is C31H36N4O3. The number of unbranched alkanes of at least 4 members (excludes halogenated alkanes) is 1. The number of carboxylic acid groups (broad SMARTS) is 1. The van der Waals surface area contributed by atoms with Gasteiger partial charge in [0, 0.05) is 32.2 Å². The van der Waals surface area contributed by atoms with Gasteiger partial charge in [0.05, 0.1) is 11.0 Å². The van der Waals surface area contributed by atoms with Gasteiger partial charge in [0.2, 0.25) is 0 Å². The Bertz CT molecular complexity index is 1340. The van der Waals surface area contributed by atoms with Crippen molar-refractivity contribution < 1.29 is 9.90 Å². The number of amides is 1. The molecule has 0 spiro atoms. The number of piperidine rings is 1. The molecule has 0 saturated carbocycles. The Kier molecular flexibility index (Phi) is 8.24. The van der Waals surface area contributed by atoms with Crippen LogP contribution in [0, 0.1) is 5.92 Å². The first-order valence-electron chi connectivity index (χ1n) is 13.6. The normalized spacial score (nSPS) is 17.8. The summed E-state index contributed by atoms with van der Waals surface area (Å²) >= 11 is 0. The van der Waals surface area contributed by atoms with Gasteiger partial charge >= 0.3 is 11.8 Å². The maximum absolute atomic E-state index is 12.9. The van der Waals surface area contributed by atoms with Crippen molar-refractivity contribution in [3.05, 3.63) is 107 Å². The predicted molar refractivity (Wildman–Crippen MR) is 150 cm³/mol. The highest BCUT2D eigenvalue weighted by atomic mass is 16.4. The third kappa shape index (κ3) is 6.17. The minimum absolute atomic E-state index is 0.0148. The van der Waals surface area contributed by atoms with Crippen molar-refractivity contribution in [2.75, 3.05) is 19.6 Å². The van der Waals surface area contributed by atoms with Crippen LogP contribution in [0.5, 0.6) is 0 Å². The number of aromatic nitrogens is 2. The van der Waals surface area contributed by atoms with Crippen molar-refractivity contribution in [2.24, 2.45) is 5.92 Å². The van der Waals surface area contributed by atoms with E-state index in [1.54, 1.807) is 0 Å². The summed E-state index contributed by atoms with van der Waals surface area (Å²) in [4.78, 5) is 31.7. The van der Waals surface area contributed by atoms with Gasteiger partial charge in [-0.1, -0.05) is 79.2 Å². The van der Waals surface area contributed by atoms with Gasteiger partial charge in [0.1, 0.15) is 0 Å². The topological polar surface area (TPSA) is 81.6 Å². The molecule has 1 aliphatic heterocycles. The molecule has 7 heteroatoms. The highest BCUT2D eigenvalue weighted by Crippen LogP contribution is 2.33. The lowest BCUT2D eigenvalue weighted by molar-refractivity contribution is 0.0944. The molecule has 3 aromatic carbocycles. The summed E-state index contributed by atoms with van der Waals surface area (Å²) in [5.74, 6) is 0.0912. The number of likely N-dealkylation sites (tertiary alicyclic amines) is 1. The molecule has 0 bridgehead atoms. The summed E-state index contributed by atoms with van der Waals surface area (Å²) in [6.07, 6.45) is 2.64. The summed E-state index contributed by atoms with van der Waals surface area (Å²) in [6, 6.07) is 28.9. The van der Waals surface area contributed by atoms with Gasteiger partial charge in [-0.15, -0.1) is 0 Å². The molecule has 2 N–H and O–H groups in total. The summed E-state index contributed by atoms with van der Waals surface area (Å²) in [5, 5.41) is 9.67. The van der Waals surface area contributed by atoms with Crippen LogP contribution in [0.2, 0.25) is 0 Å². The van der Waals surface area contributed by atoms with Crippen molar-refractivity contribution in [3.8, 4) is 0 Å². The van der Waals surface area contributed by atoms with Crippen LogP contribution in [0.25, 0.3) is 11.0 Å². The largest absolute Gasteiger partial charge is 0.465 e. The number of hydrogen-bond acceptors (Lipinski definition) is 3. The minimum Gasteiger partial charge on any atom is -0.465 e. The van der Waals surface area contributed by atoms with E-state index < -0.39 is 6.09 Å². The van der Waals surface area contributed by atoms with Crippen molar-refractivity contribution in [1.29, 1.82) is 0 Å². The summed E-state index contributed by atoms with van der Waals surface area (Å²) in [7, 11) is 0. The number of hydrogen-bond donors (Lipinski definition) is 2. The molecule has 7 nitrogen and oxygen atoms in total. The average Bonchev–Trinajstić information content (AvgIpc) is 3.27. The van der Waals surface area contributed by atoms with Gasteiger partial charge in [0.15, 0.2) is 0 Å². The van der Waals surface area contributed by atoms with Crippen LogP contribution in [0.3, 0.4) is 0 Å². The first-order chi connectivity index (χ1) is 18.6. The molecule has 0 aliphatic carbocycles. The van der Waals surface area contributed by atoms with E-state index in [-0.39, 0.29) is 17.6 Å². The Hall–Kier alpha value is -3.84. The smallest absolute Gasteiger partial charge is 0.407 e. The molecule has 0 radical (unpaired) electrons. The predicted octanol–water partition coefficient (Wildman–Crippen LogP) is 5.74. The fourth-order valence-electron chi connectivity index (χ4n) is 5.86. The standard InChI is InChI=1S/C31H36N4O3/c36-30-32-27-16-7-8-17-29(27)35(30)28-18-20-34(31(37)38)23-26(28)15-9-10-19-33(21-24-11-3-1-4-12-24)22-25-13-5-2-6-14-25/h1-8,11-14,16-17,26,28H,9-10,15,18-23H2,(H,32,36)(H,37,38)/t26?,28-/m0/s1. The van der Waals surface area contributed by atoms with Crippen LogP contribution in [0.4, 0.5) is 4.79 Å². The van der Waals surface area contributed by atoms with Crippen LogP contribution in [-0.2, 0) is 13.1 Å². The molecule has 5 rings (SSSR count). The van der Waals surface area contributed by atoms with Crippen LogP contribution in [-0.4, -0.2) is 50.2 Å². The third-order valence-electron chi connectivity index (χ3n) is 7.72. The molecule has 4 aromatic rings. The molecule has 198 valence electrons. The summed E-state index contributed by atoms with van der Waals surface area (Å²) in [6.45, 7) is 3.64. The van der Waals surface area contributed by atoms with Crippen LogP contribution in [0.1, 0.15) is 42.9 Å². The fraction of sp³-hybridized carbons (Fsp3) is 0.355. The molecule has 2 atom stereocenters. The number of nitrogens with zero attached hydrogens (tertiary/aromatic N) is 3. The van der Waals surface area contributed by atoms with E-state index in [0.717, 1.165) is 49.9 Å². The molecule has 1 saturated heterocycles. The van der Waals surface area contributed by atoms with Crippen LogP contribution in [0.15, 0.2) is 89.7 Å². The lowest BCUT2D eigenvalue weighted by Crippen LogP contribution is -2.45. The number of carbonyl (C=O) groups is 1. The lowest BCUT2D eigenvalue weighted by atomic mass is 9.87. The minimum atomic E-state index is -0.878. The number of fused-ring (bicyclic) bond motifs is 1. The molecule has 1 aliphatic rings. The zero-order chi connectivity index (χ0) is 26.3. The SMILES string of the molecule is O=C(O)N1CC[C@H](n2c(=O)[nH]c3ccccc32)C(CCCCN(Cc2ccccc2)Cc2ccccc2)C1. The number of para-hydroxylation sites is 2. The Balaban J connectivity index is 1.27. The number of H-pyrrole nitrogens is 1. The summed E-state index contributed by atoms with van der Waals surface area (Å²) < 4.78 is 1.87. The van der Waals surface area contributed by atoms with E-state index in [0.29, 0.717) is 19.5 Å². The Labute approximate surface area is 223 Å². The maximum atomic E-state index is 12.9. The van der Waals surface area contributed by atoms with Crippen LogP contribution >= 0.6 is 0 Å². The number of benzene rings is 3. The van der Waals surface area contributed by atoms with Gasteiger partial charge in [-0.2, -0.15) is 0 Å². The number of nitrogens with one attached hydrogen (secondary N) is 1. The zero-order valence-corrected chi connectivity index (χ0v) is 21.7. The van der Waals surface area contributed by atoms with E-state index >= 15 is 0 Å². The second-order valence-electron chi connectivity index (χ2n) is 10.3. The number of aromatic amines is 1. The van der Waals surface area contributed by atoms with Gasteiger partial charge in [-0.05, 0) is 55.0 Å². The monoisotopic (exact) mass is 512 g/mol. The van der Waals surface area contributed by atoms with Crippen LogP contribution < -0.4 is 5.69 Å². The van der Waals surface area contributed by atoms with Gasteiger partial charge in [0.25, 0.3) is 0 Å². The number of imidazole rings is 1. The molecule has 1 amide bonds. The van der Waals surface area contributed by atoms with Crippen molar-refractivity contribution in [1.82, 2.24) is 19.4 Å². The fourth-order valence-corrected chi connectivity index (χ4v) is 5.86. The van der Waals surface area contributed by atoms with E-state index in [2.05, 4.69) is 58.4 Å². The van der Waals surface area contributed by atoms with E-state index in [1.807, 2.05) is 41.0 Å². The third-order valence-corrected chi connectivity index (χ3v) is 7.72. The molecule has 38 heavy (non-hydrogen) atoms. The molecular weight excluding hydrogens is 476 g/mol. The Morgan fingerprint density at radius 2 is 1.53 bits per heavy atom. The lowest BCUT2D eigenvalue weighted by Gasteiger charge is -2.38. The van der Waals surface area contributed by atoms with Crippen molar-refractivity contribution in [3.63, 3.8) is 0 Å². The Morgan fingerprint density at radius 1 is 0.895 bits per heavy atom. The van der Waals surface area contributed by atoms with E-state index in [9.17, 15) is 14.7 Å². The Morgan fingerprint density at radius 3 is 2.18 bits per heavy atom. The zero-order valence-electron chi connectivity index (χ0n) is 21.7. The van der Waals surface area contributed by atoms with Crippen molar-refractivity contribution in [2.45, 2.75) is 44.8 Å². The highest BCUT2D eigenvalue weighted by molar-refractivity contribution is 5.75. The summed E-state index contributed by atoms with van der Waals surface area (Å²) in [5.41, 5.74) is 4.21. The maximum Gasteiger partial charge on any atom is 0.407 e. The second-order valence-corrected chi connectivity index (χ2v) is 10.3.